The molecule has 0 fully saturated rings. The van der Waals surface area contributed by atoms with E-state index in [1.807, 2.05) is 37.3 Å². The summed E-state index contributed by atoms with van der Waals surface area (Å²) in [5.41, 5.74) is 10.9. The zero-order valence-corrected chi connectivity index (χ0v) is 13.3. The Kier molecular flexibility index (Phi) is 4.58. The Hall–Kier alpha value is -1.94. The summed E-state index contributed by atoms with van der Waals surface area (Å²) in [6, 6.07) is 9.61. The van der Waals surface area contributed by atoms with Crippen LogP contribution in [0.2, 0.25) is 0 Å². The zero-order valence-electron chi connectivity index (χ0n) is 12.5. The molecule has 21 heavy (non-hydrogen) atoms. The quantitative estimate of drug-likeness (QED) is 0.838. The fourth-order valence-corrected chi connectivity index (χ4v) is 2.53. The smallest absolute Gasteiger partial charge is 0.129 e. The highest BCUT2D eigenvalue weighted by Crippen LogP contribution is 2.20. The molecule has 3 N–H and O–H groups in total. The maximum Gasteiger partial charge on any atom is 0.129 e. The molecule has 0 aromatic heterocycles. The number of anilines is 1. The molecule has 0 heterocycles. The van der Waals surface area contributed by atoms with E-state index in [-0.39, 0.29) is 5.82 Å². The normalized spacial score (nSPS) is 10.5. The summed E-state index contributed by atoms with van der Waals surface area (Å²) in [6.07, 6.45) is 0. The summed E-state index contributed by atoms with van der Waals surface area (Å²) in [4.78, 5) is 0.365. The van der Waals surface area contributed by atoms with Crippen molar-refractivity contribution in [1.82, 2.24) is 0 Å². The van der Waals surface area contributed by atoms with Gasteiger partial charge in [0.25, 0.3) is 0 Å². The molecule has 0 radical (unpaired) electrons. The predicted octanol–water partition coefficient (Wildman–Crippen LogP) is 4.00. The number of hydrogen-bond acceptors (Lipinski definition) is 2. The third-order valence-electron chi connectivity index (χ3n) is 3.42. The molecule has 110 valence electrons. The van der Waals surface area contributed by atoms with Gasteiger partial charge < -0.3 is 11.1 Å². The van der Waals surface area contributed by atoms with Gasteiger partial charge in [-0.25, -0.2) is 4.39 Å². The van der Waals surface area contributed by atoms with Crippen LogP contribution in [0, 0.1) is 26.6 Å². The lowest BCUT2D eigenvalue weighted by Crippen LogP contribution is -2.13. The van der Waals surface area contributed by atoms with Crippen LogP contribution in [0.1, 0.15) is 27.8 Å². The van der Waals surface area contributed by atoms with Crippen LogP contribution in [-0.4, -0.2) is 4.99 Å². The number of rotatable bonds is 4. The van der Waals surface area contributed by atoms with Crippen LogP contribution in [0.3, 0.4) is 0 Å². The van der Waals surface area contributed by atoms with Crippen molar-refractivity contribution in [2.75, 3.05) is 5.32 Å². The van der Waals surface area contributed by atoms with E-state index in [0.717, 1.165) is 22.4 Å². The molecule has 2 rings (SSSR count). The van der Waals surface area contributed by atoms with E-state index in [9.17, 15) is 4.39 Å². The van der Waals surface area contributed by atoms with Gasteiger partial charge in [0.05, 0.1) is 0 Å². The molecule has 0 spiro atoms. The number of aryl methyl sites for hydroxylation is 3. The molecule has 0 aliphatic rings. The summed E-state index contributed by atoms with van der Waals surface area (Å²) in [5.74, 6) is -0.141. The monoisotopic (exact) mass is 302 g/mol. The summed E-state index contributed by atoms with van der Waals surface area (Å²) in [5, 5.41) is 3.34. The number of benzene rings is 2. The second-order valence-corrected chi connectivity index (χ2v) is 5.75. The van der Waals surface area contributed by atoms with Crippen LogP contribution in [0.5, 0.6) is 0 Å². The van der Waals surface area contributed by atoms with E-state index in [1.165, 1.54) is 0 Å². The van der Waals surface area contributed by atoms with Crippen LogP contribution < -0.4 is 11.1 Å². The molecule has 0 saturated carbocycles. The van der Waals surface area contributed by atoms with E-state index in [0.29, 0.717) is 22.7 Å². The van der Waals surface area contributed by atoms with Gasteiger partial charge in [0.1, 0.15) is 10.8 Å². The average Bonchev–Trinajstić information content (AvgIpc) is 2.42. The van der Waals surface area contributed by atoms with Crippen molar-refractivity contribution in [3.8, 4) is 0 Å². The molecule has 0 saturated heterocycles. The molecule has 0 bridgehead atoms. The number of halogens is 1. The highest BCUT2D eigenvalue weighted by atomic mass is 32.1. The first-order valence-electron chi connectivity index (χ1n) is 6.78. The molecule has 0 aliphatic heterocycles. The third-order valence-corrected chi connectivity index (χ3v) is 3.64. The van der Waals surface area contributed by atoms with Gasteiger partial charge in [-0.2, -0.15) is 0 Å². The lowest BCUT2D eigenvalue weighted by Gasteiger charge is -2.13. The summed E-state index contributed by atoms with van der Waals surface area (Å²) < 4.78 is 13.6. The largest absolute Gasteiger partial charge is 0.389 e. The van der Waals surface area contributed by atoms with Crippen molar-refractivity contribution in [3.63, 3.8) is 0 Å². The minimum Gasteiger partial charge on any atom is -0.389 e. The summed E-state index contributed by atoms with van der Waals surface area (Å²) in [6.45, 7) is 6.17. The van der Waals surface area contributed by atoms with Gasteiger partial charge in [-0.1, -0.05) is 30.4 Å². The Balaban J connectivity index is 2.24. The van der Waals surface area contributed by atoms with E-state index < -0.39 is 0 Å². The first-order valence-corrected chi connectivity index (χ1v) is 7.19. The van der Waals surface area contributed by atoms with E-state index in [1.54, 1.807) is 13.8 Å². The molecule has 4 heteroatoms. The van der Waals surface area contributed by atoms with Crippen molar-refractivity contribution >= 4 is 22.9 Å². The predicted molar refractivity (Wildman–Crippen MR) is 90.3 cm³/mol. The van der Waals surface area contributed by atoms with Crippen molar-refractivity contribution in [2.45, 2.75) is 27.3 Å². The molecule has 0 aliphatic carbocycles. The molecule has 2 nitrogen and oxygen atoms in total. The minimum absolute atomic E-state index is 0.141. The van der Waals surface area contributed by atoms with Gasteiger partial charge in [0.2, 0.25) is 0 Å². The fraction of sp³-hybridized carbons (Fsp3) is 0.235. The lowest BCUT2D eigenvalue weighted by atomic mass is 10.1. The minimum atomic E-state index is -0.141. The number of thiocarbonyl (C=S) groups is 1. The SMILES string of the molecule is Cc1ccc(C(N)=S)c(NCc2cc(C)c(F)c(C)c2)c1. The highest BCUT2D eigenvalue weighted by molar-refractivity contribution is 7.80. The first-order chi connectivity index (χ1) is 9.88. The lowest BCUT2D eigenvalue weighted by molar-refractivity contribution is 0.608. The van der Waals surface area contributed by atoms with Crippen LogP contribution >= 0.6 is 12.2 Å². The van der Waals surface area contributed by atoms with E-state index >= 15 is 0 Å². The Morgan fingerprint density at radius 2 is 1.76 bits per heavy atom. The average molecular weight is 302 g/mol. The number of hydrogen-bond donors (Lipinski definition) is 2. The molecule has 2 aromatic rings. The van der Waals surface area contributed by atoms with Crippen LogP contribution in [-0.2, 0) is 6.54 Å². The standard InChI is InChI=1S/C17H19FN2S/c1-10-4-5-14(17(19)21)15(6-10)20-9-13-7-11(2)16(18)12(3)8-13/h4-8,20H,9H2,1-3H3,(H2,19,21). The second-order valence-electron chi connectivity index (χ2n) is 5.31. The summed E-state index contributed by atoms with van der Waals surface area (Å²) >= 11 is 5.07. The Morgan fingerprint density at radius 3 is 2.33 bits per heavy atom. The summed E-state index contributed by atoms with van der Waals surface area (Å²) in [7, 11) is 0. The van der Waals surface area contributed by atoms with Crippen molar-refractivity contribution < 1.29 is 4.39 Å². The van der Waals surface area contributed by atoms with Gasteiger partial charge in [0.15, 0.2) is 0 Å². The van der Waals surface area contributed by atoms with E-state index in [2.05, 4.69) is 5.32 Å². The topological polar surface area (TPSA) is 38.0 Å². The molecular weight excluding hydrogens is 283 g/mol. The van der Waals surface area contributed by atoms with Gasteiger partial charge >= 0.3 is 0 Å². The molecule has 0 unspecified atom stereocenters. The zero-order chi connectivity index (χ0) is 15.6. The van der Waals surface area contributed by atoms with Crippen molar-refractivity contribution in [3.05, 3.63) is 64.0 Å². The van der Waals surface area contributed by atoms with E-state index in [4.69, 9.17) is 18.0 Å². The number of nitrogens with one attached hydrogen (secondary N) is 1. The maximum atomic E-state index is 13.6. The highest BCUT2D eigenvalue weighted by Gasteiger charge is 2.07. The van der Waals surface area contributed by atoms with Gasteiger partial charge in [-0.05, 0) is 55.2 Å². The Labute approximate surface area is 130 Å². The second kappa shape index (κ2) is 6.22. The first kappa shape index (κ1) is 15.4. The fourth-order valence-electron chi connectivity index (χ4n) is 2.35. The maximum absolute atomic E-state index is 13.6. The number of nitrogens with two attached hydrogens (primary N) is 1. The van der Waals surface area contributed by atoms with Gasteiger partial charge in [0, 0.05) is 17.8 Å². The van der Waals surface area contributed by atoms with Crippen LogP contribution in [0.15, 0.2) is 30.3 Å². The third kappa shape index (κ3) is 3.58. The van der Waals surface area contributed by atoms with Crippen LogP contribution in [0.25, 0.3) is 0 Å². The van der Waals surface area contributed by atoms with Crippen molar-refractivity contribution in [2.24, 2.45) is 5.73 Å². The Bertz CT molecular complexity index is 672. The molecular formula is C17H19FN2S. The van der Waals surface area contributed by atoms with Crippen LogP contribution in [0.4, 0.5) is 10.1 Å². The van der Waals surface area contributed by atoms with Gasteiger partial charge in [-0.3, -0.25) is 0 Å². The molecule has 2 aromatic carbocycles. The Morgan fingerprint density at radius 1 is 1.14 bits per heavy atom. The van der Waals surface area contributed by atoms with Crippen molar-refractivity contribution in [1.29, 1.82) is 0 Å². The van der Waals surface area contributed by atoms with Gasteiger partial charge in [-0.15, -0.1) is 0 Å². The molecule has 0 atom stereocenters. The molecule has 0 amide bonds.